The minimum absolute atomic E-state index is 1.01. The van der Waals surface area contributed by atoms with Crippen molar-refractivity contribution in [2.24, 2.45) is 0 Å². The predicted octanol–water partition coefficient (Wildman–Crippen LogP) is 8.91. The van der Waals surface area contributed by atoms with Gasteiger partial charge in [0.15, 0.2) is 0 Å². The number of hydrogen-bond acceptors (Lipinski definition) is 1. The van der Waals surface area contributed by atoms with Gasteiger partial charge in [-0.25, -0.2) is 0 Å². The van der Waals surface area contributed by atoms with E-state index in [1.54, 1.807) is 6.26 Å². The number of hydrogen-bond donors (Lipinski definition) is 0. The minimum Gasteiger partial charge on any atom is -0.472 e. The van der Waals surface area contributed by atoms with Gasteiger partial charge in [0.25, 0.3) is 0 Å². The van der Waals surface area contributed by atoms with Crippen LogP contribution in [0.15, 0.2) is 82.3 Å². The molecule has 0 aromatic carbocycles. The SMILES string of the molecule is C=CC/C(C)=C/CC/C(C)=C/CC/C(C)=C/CC/C(C)=C/CCc1ccoc1. The zero-order valence-electron chi connectivity index (χ0n) is 18.6. The van der Waals surface area contributed by atoms with Gasteiger partial charge in [0.05, 0.1) is 12.5 Å². The summed E-state index contributed by atoms with van der Waals surface area (Å²) in [7, 11) is 0. The third-order valence-electron chi connectivity index (χ3n) is 5.07. The second-order valence-corrected chi connectivity index (χ2v) is 7.98. The lowest BCUT2D eigenvalue weighted by Gasteiger charge is -2.03. The topological polar surface area (TPSA) is 13.1 Å². The van der Waals surface area contributed by atoms with Gasteiger partial charge in [-0.1, -0.05) is 52.7 Å². The first kappa shape index (κ1) is 24.0. The molecule has 0 atom stereocenters. The molecule has 1 heterocycles. The smallest absolute Gasteiger partial charge is 0.0934 e. The van der Waals surface area contributed by atoms with E-state index in [0.29, 0.717) is 0 Å². The standard InChI is InChI=1S/C27H40O/c1-6-11-23(2)12-7-13-24(3)14-8-15-25(4)16-9-17-26(5)18-10-19-27-20-21-28-22-27/h6,12,14,16,18,20-22H,1,7-11,13,15,17,19H2,2-5H3/b23-12+,24-14+,25-16+,26-18+. The molecule has 1 aromatic rings. The molecular weight excluding hydrogens is 340 g/mol. The third kappa shape index (κ3) is 12.4. The van der Waals surface area contributed by atoms with Gasteiger partial charge in [-0.3, -0.25) is 0 Å². The maximum atomic E-state index is 5.11. The van der Waals surface area contributed by atoms with Gasteiger partial charge in [-0.05, 0) is 97.1 Å². The zero-order chi connectivity index (χ0) is 20.6. The van der Waals surface area contributed by atoms with E-state index in [2.05, 4.69) is 58.6 Å². The lowest BCUT2D eigenvalue weighted by atomic mass is 10.0. The van der Waals surface area contributed by atoms with Crippen molar-refractivity contribution in [3.05, 3.63) is 83.4 Å². The highest BCUT2D eigenvalue weighted by Crippen LogP contribution is 2.14. The zero-order valence-corrected chi connectivity index (χ0v) is 18.6. The average molecular weight is 381 g/mol. The molecule has 1 aromatic heterocycles. The Hall–Kier alpha value is -2.02. The fourth-order valence-electron chi connectivity index (χ4n) is 3.18. The highest BCUT2D eigenvalue weighted by atomic mass is 16.3. The Morgan fingerprint density at radius 1 is 0.786 bits per heavy atom. The van der Waals surface area contributed by atoms with Gasteiger partial charge < -0.3 is 4.42 Å². The number of aryl methyl sites for hydroxylation is 1. The van der Waals surface area contributed by atoms with Gasteiger partial charge in [0.1, 0.15) is 0 Å². The van der Waals surface area contributed by atoms with E-state index in [9.17, 15) is 0 Å². The average Bonchev–Trinajstić information content (AvgIpc) is 3.15. The quantitative estimate of drug-likeness (QED) is 0.294. The second-order valence-electron chi connectivity index (χ2n) is 7.98. The summed E-state index contributed by atoms with van der Waals surface area (Å²) >= 11 is 0. The second kappa shape index (κ2) is 15.0. The van der Waals surface area contributed by atoms with Crippen LogP contribution in [0.25, 0.3) is 0 Å². The Bertz CT molecular complexity index is 665. The van der Waals surface area contributed by atoms with Crippen LogP contribution in [0.3, 0.4) is 0 Å². The molecule has 0 aliphatic heterocycles. The summed E-state index contributed by atoms with van der Waals surface area (Å²) in [6.45, 7) is 12.7. The van der Waals surface area contributed by atoms with Crippen LogP contribution < -0.4 is 0 Å². The first-order valence-electron chi connectivity index (χ1n) is 10.8. The molecule has 1 rings (SSSR count). The van der Waals surface area contributed by atoms with Crippen molar-refractivity contribution in [3.63, 3.8) is 0 Å². The van der Waals surface area contributed by atoms with Crippen LogP contribution in [0, 0.1) is 0 Å². The molecule has 0 N–H and O–H groups in total. The lowest BCUT2D eigenvalue weighted by molar-refractivity contribution is 0.564. The molecule has 0 aliphatic carbocycles. The van der Waals surface area contributed by atoms with Crippen LogP contribution in [0.1, 0.15) is 84.6 Å². The molecule has 0 fully saturated rings. The third-order valence-corrected chi connectivity index (χ3v) is 5.07. The molecule has 28 heavy (non-hydrogen) atoms. The highest BCUT2D eigenvalue weighted by molar-refractivity contribution is 5.10. The largest absolute Gasteiger partial charge is 0.472 e. The van der Waals surface area contributed by atoms with Gasteiger partial charge in [0.2, 0.25) is 0 Å². The predicted molar refractivity (Wildman–Crippen MR) is 125 cm³/mol. The molecule has 0 radical (unpaired) electrons. The van der Waals surface area contributed by atoms with E-state index < -0.39 is 0 Å². The summed E-state index contributed by atoms with van der Waals surface area (Å²) in [4.78, 5) is 0. The molecule has 0 saturated carbocycles. The minimum atomic E-state index is 1.01. The maximum Gasteiger partial charge on any atom is 0.0934 e. The highest BCUT2D eigenvalue weighted by Gasteiger charge is 1.95. The van der Waals surface area contributed by atoms with Crippen molar-refractivity contribution >= 4 is 0 Å². The molecule has 0 amide bonds. The van der Waals surface area contributed by atoms with Crippen molar-refractivity contribution in [1.29, 1.82) is 0 Å². The molecule has 1 nitrogen and oxygen atoms in total. The summed E-state index contributed by atoms with van der Waals surface area (Å²) in [5.41, 5.74) is 7.21. The van der Waals surface area contributed by atoms with Crippen LogP contribution in [0.5, 0.6) is 0 Å². The Morgan fingerprint density at radius 2 is 1.29 bits per heavy atom. The summed E-state index contributed by atoms with van der Waals surface area (Å²) < 4.78 is 5.11. The Balaban J connectivity index is 2.19. The Labute approximate surface area is 173 Å². The van der Waals surface area contributed by atoms with E-state index in [1.165, 1.54) is 40.7 Å². The molecule has 0 spiro atoms. The molecule has 0 bridgehead atoms. The van der Waals surface area contributed by atoms with Gasteiger partial charge in [0, 0.05) is 0 Å². The van der Waals surface area contributed by atoms with E-state index >= 15 is 0 Å². The number of rotatable bonds is 14. The van der Waals surface area contributed by atoms with E-state index in [4.69, 9.17) is 4.42 Å². The molecule has 0 aliphatic rings. The van der Waals surface area contributed by atoms with E-state index in [0.717, 1.165) is 44.9 Å². The normalized spacial score (nSPS) is 13.9. The molecule has 0 saturated heterocycles. The molecular formula is C27H40O. The summed E-state index contributed by atoms with van der Waals surface area (Å²) in [6, 6.07) is 2.05. The van der Waals surface area contributed by atoms with Crippen molar-refractivity contribution in [2.45, 2.75) is 85.5 Å². The van der Waals surface area contributed by atoms with Gasteiger partial charge >= 0.3 is 0 Å². The number of allylic oxidation sites excluding steroid dienone is 9. The van der Waals surface area contributed by atoms with Crippen molar-refractivity contribution in [2.75, 3.05) is 0 Å². The Morgan fingerprint density at radius 3 is 1.75 bits per heavy atom. The summed E-state index contributed by atoms with van der Waals surface area (Å²) in [5.74, 6) is 0. The summed E-state index contributed by atoms with van der Waals surface area (Å²) in [5, 5.41) is 0. The van der Waals surface area contributed by atoms with E-state index in [1.807, 2.05) is 18.4 Å². The lowest BCUT2D eigenvalue weighted by Crippen LogP contribution is -1.83. The number of furan rings is 1. The molecule has 1 heteroatoms. The van der Waals surface area contributed by atoms with Crippen LogP contribution in [-0.2, 0) is 6.42 Å². The summed E-state index contributed by atoms with van der Waals surface area (Å²) in [6.07, 6.45) is 25.2. The van der Waals surface area contributed by atoms with Crippen LogP contribution in [0.4, 0.5) is 0 Å². The van der Waals surface area contributed by atoms with Crippen molar-refractivity contribution in [3.8, 4) is 0 Å². The fraction of sp³-hybridized carbons (Fsp3) is 0.481. The molecule has 0 unspecified atom stereocenters. The van der Waals surface area contributed by atoms with Crippen molar-refractivity contribution in [1.82, 2.24) is 0 Å². The molecule has 154 valence electrons. The van der Waals surface area contributed by atoms with Crippen LogP contribution >= 0.6 is 0 Å². The van der Waals surface area contributed by atoms with Gasteiger partial charge in [-0.15, -0.1) is 6.58 Å². The maximum absolute atomic E-state index is 5.11. The van der Waals surface area contributed by atoms with Gasteiger partial charge in [-0.2, -0.15) is 0 Å². The van der Waals surface area contributed by atoms with Crippen molar-refractivity contribution < 1.29 is 4.42 Å². The van der Waals surface area contributed by atoms with Crippen LogP contribution in [-0.4, -0.2) is 0 Å². The Kier molecular flexibility index (Phi) is 12.8. The first-order valence-corrected chi connectivity index (χ1v) is 10.8. The van der Waals surface area contributed by atoms with E-state index in [-0.39, 0.29) is 0 Å². The monoisotopic (exact) mass is 380 g/mol. The first-order chi connectivity index (χ1) is 13.5. The fourth-order valence-corrected chi connectivity index (χ4v) is 3.18. The van der Waals surface area contributed by atoms with Crippen LogP contribution in [0.2, 0.25) is 0 Å².